The summed E-state index contributed by atoms with van der Waals surface area (Å²) in [6.45, 7) is 1.69. The van der Waals surface area contributed by atoms with Crippen LogP contribution in [0.3, 0.4) is 0 Å². The maximum atomic E-state index is 13.1. The normalized spacial score (nSPS) is 19.5. The Morgan fingerprint density at radius 1 is 1.06 bits per heavy atom. The molecule has 3 aromatic carbocycles. The first-order valence-electron chi connectivity index (χ1n) is 10.5. The largest absolute Gasteiger partial charge is 0.479 e. The number of hydrogen-bond donors (Lipinski definition) is 2. The van der Waals surface area contributed by atoms with Crippen molar-refractivity contribution >= 4 is 34.6 Å². The van der Waals surface area contributed by atoms with Gasteiger partial charge in [0.25, 0.3) is 11.8 Å². The van der Waals surface area contributed by atoms with Gasteiger partial charge in [0, 0.05) is 12.1 Å². The van der Waals surface area contributed by atoms with E-state index in [2.05, 4.69) is 15.7 Å². The topological polar surface area (TPSA) is 83.0 Å². The number of hydrazone groups is 1. The molecule has 2 aliphatic rings. The second kappa shape index (κ2) is 8.19. The van der Waals surface area contributed by atoms with Crippen molar-refractivity contribution in [1.29, 1.82) is 0 Å². The summed E-state index contributed by atoms with van der Waals surface area (Å²) in [7, 11) is 0. The van der Waals surface area contributed by atoms with E-state index in [-0.39, 0.29) is 17.9 Å². The molecular weight excluding hydrogens is 404 g/mol. The lowest BCUT2D eigenvalue weighted by Gasteiger charge is -2.23. The Morgan fingerprint density at radius 2 is 1.78 bits per heavy atom. The van der Waals surface area contributed by atoms with Crippen LogP contribution in [-0.4, -0.2) is 23.6 Å². The first-order valence-corrected chi connectivity index (χ1v) is 10.5. The molecule has 2 N–H and O–H groups in total. The number of ether oxygens (including phenoxy) is 1. The molecule has 0 saturated heterocycles. The standard InChI is InChI=1S/C25H22N4O3/c1-16-24(30)27-20-14-18(12-13-23(20)32-16)26-25(31)21-15-22(17-8-4-2-5-9-17)29(28-21)19-10-6-3-7-11-19/h2-14,16,22H,15H2,1H3,(H,26,31)(H,27,30). The number of benzene rings is 3. The minimum atomic E-state index is -0.547. The van der Waals surface area contributed by atoms with Crippen molar-refractivity contribution < 1.29 is 14.3 Å². The molecule has 0 aliphatic carbocycles. The summed E-state index contributed by atoms with van der Waals surface area (Å²) in [6, 6.07) is 25.0. The SMILES string of the molecule is CC1Oc2ccc(NC(=O)C3=NN(c4ccccc4)C(c4ccccc4)C3)cc2NC1=O. The molecule has 0 aromatic heterocycles. The molecule has 3 aromatic rings. The lowest BCUT2D eigenvalue weighted by molar-refractivity contribution is -0.122. The van der Waals surface area contributed by atoms with Crippen LogP contribution >= 0.6 is 0 Å². The van der Waals surface area contributed by atoms with Gasteiger partial charge in [-0.2, -0.15) is 5.10 Å². The predicted octanol–water partition coefficient (Wildman–Crippen LogP) is 4.35. The van der Waals surface area contributed by atoms with Gasteiger partial charge in [0.1, 0.15) is 11.5 Å². The number of nitrogens with zero attached hydrogens (tertiary/aromatic N) is 2. The smallest absolute Gasteiger partial charge is 0.271 e. The zero-order valence-electron chi connectivity index (χ0n) is 17.5. The van der Waals surface area contributed by atoms with Crippen LogP contribution in [0.25, 0.3) is 0 Å². The molecule has 0 spiro atoms. The fraction of sp³-hybridized carbons (Fsp3) is 0.160. The predicted molar refractivity (Wildman–Crippen MR) is 124 cm³/mol. The second-order valence-electron chi connectivity index (χ2n) is 7.77. The second-order valence-corrected chi connectivity index (χ2v) is 7.77. The number of carbonyl (C=O) groups excluding carboxylic acids is 2. The lowest BCUT2D eigenvalue weighted by Crippen LogP contribution is -2.34. The Hall–Kier alpha value is -4.13. The number of para-hydroxylation sites is 1. The summed E-state index contributed by atoms with van der Waals surface area (Å²) in [5, 5.41) is 12.3. The molecule has 0 radical (unpaired) electrons. The van der Waals surface area contributed by atoms with Crippen LogP contribution in [0, 0.1) is 0 Å². The van der Waals surface area contributed by atoms with E-state index in [9.17, 15) is 9.59 Å². The van der Waals surface area contributed by atoms with Gasteiger partial charge in [-0.1, -0.05) is 48.5 Å². The molecule has 2 unspecified atom stereocenters. The zero-order valence-corrected chi connectivity index (χ0v) is 17.5. The van der Waals surface area contributed by atoms with Crippen LogP contribution in [0.1, 0.15) is 24.9 Å². The maximum Gasteiger partial charge on any atom is 0.271 e. The van der Waals surface area contributed by atoms with E-state index in [4.69, 9.17) is 4.74 Å². The third kappa shape index (κ3) is 3.80. The Morgan fingerprint density at radius 3 is 2.53 bits per heavy atom. The highest BCUT2D eigenvalue weighted by Crippen LogP contribution is 2.36. The van der Waals surface area contributed by atoms with Crippen molar-refractivity contribution in [2.45, 2.75) is 25.5 Å². The van der Waals surface area contributed by atoms with Gasteiger partial charge in [-0.15, -0.1) is 0 Å². The van der Waals surface area contributed by atoms with Gasteiger partial charge < -0.3 is 15.4 Å². The van der Waals surface area contributed by atoms with Gasteiger partial charge in [-0.3, -0.25) is 14.6 Å². The van der Waals surface area contributed by atoms with Crippen molar-refractivity contribution in [3.05, 3.63) is 84.4 Å². The number of nitrogens with one attached hydrogen (secondary N) is 2. The lowest BCUT2D eigenvalue weighted by atomic mass is 10.0. The van der Waals surface area contributed by atoms with E-state index in [1.807, 2.05) is 65.7 Å². The molecule has 2 amide bonds. The van der Waals surface area contributed by atoms with E-state index in [1.165, 1.54) is 0 Å². The molecule has 0 fully saturated rings. The van der Waals surface area contributed by atoms with Gasteiger partial charge in [0.15, 0.2) is 6.10 Å². The van der Waals surface area contributed by atoms with Crippen LogP contribution in [0.4, 0.5) is 17.1 Å². The molecule has 7 nitrogen and oxygen atoms in total. The first kappa shape index (κ1) is 19.8. The summed E-state index contributed by atoms with van der Waals surface area (Å²) >= 11 is 0. The minimum Gasteiger partial charge on any atom is -0.479 e. The Labute approximate surface area is 185 Å². The number of anilines is 3. The molecule has 0 bridgehead atoms. The fourth-order valence-electron chi connectivity index (χ4n) is 3.89. The molecule has 32 heavy (non-hydrogen) atoms. The van der Waals surface area contributed by atoms with Gasteiger partial charge in [-0.05, 0) is 42.8 Å². The minimum absolute atomic E-state index is 0.0722. The van der Waals surface area contributed by atoms with Crippen LogP contribution in [0.5, 0.6) is 5.75 Å². The van der Waals surface area contributed by atoms with Gasteiger partial charge in [-0.25, -0.2) is 0 Å². The van der Waals surface area contributed by atoms with Crippen molar-refractivity contribution in [1.82, 2.24) is 0 Å². The van der Waals surface area contributed by atoms with Crippen LogP contribution in [0.2, 0.25) is 0 Å². The fourth-order valence-corrected chi connectivity index (χ4v) is 3.89. The summed E-state index contributed by atoms with van der Waals surface area (Å²) in [5.41, 5.74) is 3.54. The molecular formula is C25H22N4O3. The van der Waals surface area contributed by atoms with Crippen LogP contribution in [-0.2, 0) is 9.59 Å². The van der Waals surface area contributed by atoms with Crippen molar-refractivity contribution in [2.24, 2.45) is 5.10 Å². The summed E-state index contributed by atoms with van der Waals surface area (Å²) in [4.78, 5) is 25.0. The Kier molecular flexibility index (Phi) is 5.07. The van der Waals surface area contributed by atoms with E-state index >= 15 is 0 Å². The summed E-state index contributed by atoms with van der Waals surface area (Å²) in [5.74, 6) is 0.0822. The summed E-state index contributed by atoms with van der Waals surface area (Å²) < 4.78 is 5.57. The van der Waals surface area contributed by atoms with Gasteiger partial charge in [0.05, 0.1) is 17.4 Å². The van der Waals surface area contributed by atoms with Crippen molar-refractivity contribution in [2.75, 3.05) is 15.6 Å². The van der Waals surface area contributed by atoms with Gasteiger partial charge in [0.2, 0.25) is 0 Å². The third-order valence-corrected chi connectivity index (χ3v) is 5.55. The monoisotopic (exact) mass is 426 g/mol. The number of fused-ring (bicyclic) bond motifs is 1. The number of amides is 2. The Bertz CT molecular complexity index is 1190. The highest BCUT2D eigenvalue weighted by Gasteiger charge is 2.32. The number of hydrogen-bond acceptors (Lipinski definition) is 5. The van der Waals surface area contributed by atoms with E-state index in [1.54, 1.807) is 25.1 Å². The quantitative estimate of drug-likeness (QED) is 0.650. The molecule has 7 heteroatoms. The highest BCUT2D eigenvalue weighted by atomic mass is 16.5. The molecule has 160 valence electrons. The first-order chi connectivity index (χ1) is 15.6. The van der Waals surface area contributed by atoms with E-state index in [0.29, 0.717) is 29.3 Å². The van der Waals surface area contributed by atoms with E-state index < -0.39 is 6.10 Å². The molecule has 2 atom stereocenters. The van der Waals surface area contributed by atoms with Crippen molar-refractivity contribution in [3.63, 3.8) is 0 Å². The average Bonchev–Trinajstić information content (AvgIpc) is 3.27. The highest BCUT2D eigenvalue weighted by molar-refractivity contribution is 6.43. The van der Waals surface area contributed by atoms with Crippen LogP contribution in [0.15, 0.2) is 84.0 Å². The molecule has 5 rings (SSSR count). The molecule has 0 saturated carbocycles. The maximum absolute atomic E-state index is 13.1. The summed E-state index contributed by atoms with van der Waals surface area (Å²) in [6.07, 6.45) is -0.0674. The molecule has 2 heterocycles. The number of carbonyl (C=O) groups is 2. The zero-order chi connectivity index (χ0) is 22.1. The van der Waals surface area contributed by atoms with Crippen LogP contribution < -0.4 is 20.4 Å². The Balaban J connectivity index is 1.39. The molecule has 2 aliphatic heterocycles. The van der Waals surface area contributed by atoms with Crippen molar-refractivity contribution in [3.8, 4) is 5.75 Å². The third-order valence-electron chi connectivity index (χ3n) is 5.55. The number of rotatable bonds is 4. The average molecular weight is 426 g/mol. The van der Waals surface area contributed by atoms with Gasteiger partial charge >= 0.3 is 0 Å². The van der Waals surface area contributed by atoms with E-state index in [0.717, 1.165) is 11.3 Å².